The fourth-order valence-corrected chi connectivity index (χ4v) is 2.27. The van der Waals surface area contributed by atoms with Gasteiger partial charge in [-0.05, 0) is 24.9 Å². The molecule has 2 aliphatic rings. The Morgan fingerprint density at radius 2 is 2.35 bits per heavy atom. The van der Waals surface area contributed by atoms with Crippen LogP contribution in [0, 0.1) is 0 Å². The summed E-state index contributed by atoms with van der Waals surface area (Å²) in [5, 5.41) is 3.28. The molecule has 6 heteroatoms. The van der Waals surface area contributed by atoms with Crippen molar-refractivity contribution < 1.29 is 4.39 Å². The molecule has 0 saturated carbocycles. The molecule has 1 atom stereocenters. The van der Waals surface area contributed by atoms with Gasteiger partial charge in [-0.1, -0.05) is 0 Å². The molecule has 3 heterocycles. The smallest absolute Gasteiger partial charge is 0.225 e. The Hall–Kier alpha value is -0.940. The van der Waals surface area contributed by atoms with Gasteiger partial charge in [-0.3, -0.25) is 0 Å². The van der Waals surface area contributed by atoms with Crippen molar-refractivity contribution in [2.75, 3.05) is 24.5 Å². The van der Waals surface area contributed by atoms with Crippen LogP contribution >= 0.6 is 12.4 Å². The third-order valence-corrected chi connectivity index (χ3v) is 3.22. The zero-order chi connectivity index (χ0) is 11.0. The van der Waals surface area contributed by atoms with Crippen LogP contribution in [0.15, 0.2) is 6.20 Å². The number of rotatable bonds is 1. The molecule has 0 radical (unpaired) electrons. The van der Waals surface area contributed by atoms with Crippen molar-refractivity contribution in [3.05, 3.63) is 17.5 Å². The van der Waals surface area contributed by atoms with Gasteiger partial charge in [-0.2, -0.15) is 0 Å². The van der Waals surface area contributed by atoms with Crippen molar-refractivity contribution in [1.29, 1.82) is 0 Å². The molecule has 17 heavy (non-hydrogen) atoms. The molecule has 3 rings (SSSR count). The summed E-state index contributed by atoms with van der Waals surface area (Å²) in [6, 6.07) is 0. The molecule has 4 nitrogen and oxygen atoms in total. The molecule has 0 bridgehead atoms. The lowest BCUT2D eigenvalue weighted by Crippen LogP contribution is -2.28. The Bertz CT molecular complexity index is 401. The Labute approximate surface area is 106 Å². The molecular formula is C11H16ClFN4. The molecule has 1 saturated heterocycles. The summed E-state index contributed by atoms with van der Waals surface area (Å²) in [6.07, 6.45) is 2.75. The minimum atomic E-state index is -0.724. The van der Waals surface area contributed by atoms with Crippen LogP contribution in [0.3, 0.4) is 0 Å². The van der Waals surface area contributed by atoms with Crippen molar-refractivity contribution in [2.45, 2.75) is 25.6 Å². The third-order valence-electron chi connectivity index (χ3n) is 3.22. The minimum Gasteiger partial charge on any atom is -0.338 e. The quantitative estimate of drug-likeness (QED) is 0.819. The summed E-state index contributed by atoms with van der Waals surface area (Å²) in [5.74, 6) is 0.683. The fourth-order valence-electron chi connectivity index (χ4n) is 2.27. The summed E-state index contributed by atoms with van der Waals surface area (Å²) in [6.45, 7) is 2.96. The molecule has 0 aliphatic carbocycles. The lowest BCUT2D eigenvalue weighted by Gasteiger charge is -2.20. The summed E-state index contributed by atoms with van der Waals surface area (Å²) in [5.41, 5.74) is 2.29. The van der Waals surface area contributed by atoms with Gasteiger partial charge >= 0.3 is 0 Å². The van der Waals surface area contributed by atoms with E-state index in [4.69, 9.17) is 0 Å². The highest BCUT2D eigenvalue weighted by Crippen LogP contribution is 2.20. The van der Waals surface area contributed by atoms with Gasteiger partial charge < -0.3 is 10.2 Å². The van der Waals surface area contributed by atoms with Gasteiger partial charge in [0.15, 0.2) is 0 Å². The number of nitrogens with one attached hydrogen (secondary N) is 1. The maximum atomic E-state index is 13.1. The molecule has 94 valence electrons. The van der Waals surface area contributed by atoms with Crippen LogP contribution in [0.1, 0.15) is 17.7 Å². The molecule has 0 unspecified atom stereocenters. The summed E-state index contributed by atoms with van der Waals surface area (Å²) < 4.78 is 13.1. The van der Waals surface area contributed by atoms with Crippen molar-refractivity contribution in [3.8, 4) is 0 Å². The van der Waals surface area contributed by atoms with E-state index in [2.05, 4.69) is 15.3 Å². The van der Waals surface area contributed by atoms with Crippen LogP contribution < -0.4 is 10.2 Å². The molecule has 1 fully saturated rings. The molecule has 0 spiro atoms. The second-order valence-electron chi connectivity index (χ2n) is 4.40. The zero-order valence-electron chi connectivity index (χ0n) is 9.53. The first-order chi connectivity index (χ1) is 7.83. The first-order valence-corrected chi connectivity index (χ1v) is 5.77. The van der Waals surface area contributed by atoms with Crippen molar-refractivity contribution in [2.24, 2.45) is 0 Å². The number of alkyl halides is 1. The molecule has 1 aromatic heterocycles. The standard InChI is InChI=1S/C11H15FN4.ClH/c12-9-2-4-16(7-9)11-14-5-8-1-3-13-6-10(8)15-11;/h5,9,13H,1-4,6-7H2;1H/t9-;/m1./s1. The van der Waals surface area contributed by atoms with E-state index in [1.807, 2.05) is 11.1 Å². The number of halogens is 2. The van der Waals surface area contributed by atoms with Gasteiger partial charge in [0.2, 0.25) is 5.95 Å². The van der Waals surface area contributed by atoms with Crippen molar-refractivity contribution >= 4 is 18.4 Å². The predicted octanol–water partition coefficient (Wildman–Crippen LogP) is 1.09. The van der Waals surface area contributed by atoms with Crippen LogP contribution in [0.4, 0.5) is 10.3 Å². The normalized spacial score (nSPS) is 23.1. The fraction of sp³-hybridized carbons (Fsp3) is 0.636. The van der Waals surface area contributed by atoms with Crippen LogP contribution in [0.25, 0.3) is 0 Å². The van der Waals surface area contributed by atoms with E-state index < -0.39 is 6.17 Å². The molecule has 0 aromatic carbocycles. The first-order valence-electron chi connectivity index (χ1n) is 5.77. The molecule has 0 amide bonds. The van der Waals surface area contributed by atoms with E-state index in [9.17, 15) is 4.39 Å². The van der Waals surface area contributed by atoms with Gasteiger partial charge in [-0.25, -0.2) is 14.4 Å². The number of anilines is 1. The number of hydrogen-bond acceptors (Lipinski definition) is 4. The van der Waals surface area contributed by atoms with Crippen LogP contribution in [0.5, 0.6) is 0 Å². The van der Waals surface area contributed by atoms with Crippen LogP contribution in [-0.2, 0) is 13.0 Å². The Morgan fingerprint density at radius 1 is 1.47 bits per heavy atom. The summed E-state index contributed by atoms with van der Waals surface area (Å²) in [7, 11) is 0. The highest BCUT2D eigenvalue weighted by atomic mass is 35.5. The van der Waals surface area contributed by atoms with Gasteiger partial charge in [0.05, 0.1) is 12.2 Å². The Kier molecular flexibility index (Phi) is 3.79. The predicted molar refractivity (Wildman–Crippen MR) is 66.4 cm³/mol. The maximum absolute atomic E-state index is 13.1. The summed E-state index contributed by atoms with van der Waals surface area (Å²) >= 11 is 0. The number of aromatic nitrogens is 2. The molecule has 2 aliphatic heterocycles. The largest absolute Gasteiger partial charge is 0.338 e. The minimum absolute atomic E-state index is 0. The first kappa shape index (κ1) is 12.5. The topological polar surface area (TPSA) is 41.1 Å². The van der Waals surface area contributed by atoms with Crippen molar-refractivity contribution in [1.82, 2.24) is 15.3 Å². The number of nitrogens with zero attached hydrogens (tertiary/aromatic N) is 3. The third kappa shape index (κ3) is 2.50. The highest BCUT2D eigenvalue weighted by Gasteiger charge is 2.24. The number of hydrogen-bond donors (Lipinski definition) is 1. The van der Waals surface area contributed by atoms with Gasteiger partial charge in [0.1, 0.15) is 6.17 Å². The Balaban J connectivity index is 0.00000108. The summed E-state index contributed by atoms with van der Waals surface area (Å²) in [4.78, 5) is 10.8. The van der Waals surface area contributed by atoms with E-state index in [1.54, 1.807) is 0 Å². The van der Waals surface area contributed by atoms with Gasteiger partial charge in [0, 0.05) is 19.3 Å². The lowest BCUT2D eigenvalue weighted by atomic mass is 10.1. The monoisotopic (exact) mass is 258 g/mol. The molecular weight excluding hydrogens is 243 g/mol. The van der Waals surface area contributed by atoms with E-state index in [0.717, 1.165) is 31.7 Å². The van der Waals surface area contributed by atoms with E-state index in [-0.39, 0.29) is 12.4 Å². The molecule has 1 aromatic rings. The van der Waals surface area contributed by atoms with E-state index >= 15 is 0 Å². The van der Waals surface area contributed by atoms with E-state index in [0.29, 0.717) is 18.9 Å². The second-order valence-corrected chi connectivity index (χ2v) is 4.40. The van der Waals surface area contributed by atoms with Gasteiger partial charge in [-0.15, -0.1) is 12.4 Å². The van der Waals surface area contributed by atoms with E-state index in [1.165, 1.54) is 5.56 Å². The van der Waals surface area contributed by atoms with Crippen LogP contribution in [0.2, 0.25) is 0 Å². The second kappa shape index (κ2) is 5.14. The maximum Gasteiger partial charge on any atom is 0.225 e. The average molecular weight is 259 g/mol. The van der Waals surface area contributed by atoms with Crippen molar-refractivity contribution in [3.63, 3.8) is 0 Å². The zero-order valence-corrected chi connectivity index (χ0v) is 10.3. The highest BCUT2D eigenvalue weighted by molar-refractivity contribution is 5.85. The SMILES string of the molecule is Cl.F[C@@H]1CCN(c2ncc3c(n2)CNCC3)C1. The Morgan fingerprint density at radius 3 is 3.12 bits per heavy atom. The number of fused-ring (bicyclic) bond motifs is 1. The van der Waals surface area contributed by atoms with Crippen LogP contribution in [-0.4, -0.2) is 35.8 Å². The lowest BCUT2D eigenvalue weighted by molar-refractivity contribution is 0.364. The van der Waals surface area contributed by atoms with Gasteiger partial charge in [0.25, 0.3) is 0 Å². The average Bonchev–Trinajstić information content (AvgIpc) is 2.75. The molecule has 1 N–H and O–H groups in total.